The SMILES string of the molecule is CC(Nc1ccc(OC(F)(F)F)cc1)/C(N)=N/O. The summed E-state index contributed by atoms with van der Waals surface area (Å²) in [4.78, 5) is 0. The molecule has 100 valence electrons. The fourth-order valence-corrected chi connectivity index (χ4v) is 1.16. The van der Waals surface area contributed by atoms with Crippen molar-refractivity contribution in [3.63, 3.8) is 0 Å². The van der Waals surface area contributed by atoms with Gasteiger partial charge in [0.2, 0.25) is 0 Å². The number of halogens is 3. The normalized spacial score (nSPS) is 14.1. The second-order valence-electron chi connectivity index (χ2n) is 3.46. The van der Waals surface area contributed by atoms with Crippen LogP contribution in [0.2, 0.25) is 0 Å². The molecule has 4 N–H and O–H groups in total. The number of nitrogens with two attached hydrogens (primary N) is 1. The van der Waals surface area contributed by atoms with Crippen LogP contribution in [0.5, 0.6) is 5.75 Å². The number of nitrogens with one attached hydrogen (secondary N) is 1. The molecule has 1 rings (SSSR count). The first-order valence-electron chi connectivity index (χ1n) is 4.91. The van der Waals surface area contributed by atoms with Crippen molar-refractivity contribution < 1.29 is 23.1 Å². The van der Waals surface area contributed by atoms with E-state index in [1.807, 2.05) is 0 Å². The van der Waals surface area contributed by atoms with Crippen molar-refractivity contribution in [1.82, 2.24) is 0 Å². The van der Waals surface area contributed by atoms with Crippen molar-refractivity contribution >= 4 is 11.5 Å². The molecular weight excluding hydrogens is 251 g/mol. The summed E-state index contributed by atoms with van der Waals surface area (Å²) < 4.78 is 39.4. The van der Waals surface area contributed by atoms with Gasteiger partial charge in [-0.25, -0.2) is 0 Å². The largest absolute Gasteiger partial charge is 0.573 e. The number of alkyl halides is 3. The molecule has 0 aliphatic carbocycles. The van der Waals surface area contributed by atoms with Gasteiger partial charge >= 0.3 is 6.36 Å². The Bertz CT molecular complexity index is 417. The number of benzene rings is 1. The minimum absolute atomic E-state index is 0.0365. The molecule has 0 saturated heterocycles. The number of anilines is 1. The summed E-state index contributed by atoms with van der Waals surface area (Å²) in [6.45, 7) is 1.63. The van der Waals surface area contributed by atoms with E-state index in [-0.39, 0.29) is 11.6 Å². The van der Waals surface area contributed by atoms with Crippen LogP contribution in [0.15, 0.2) is 29.4 Å². The third-order valence-corrected chi connectivity index (χ3v) is 2.03. The van der Waals surface area contributed by atoms with Gasteiger partial charge in [0.05, 0.1) is 6.04 Å². The summed E-state index contributed by atoms with van der Waals surface area (Å²) in [5.74, 6) is -0.352. The molecule has 18 heavy (non-hydrogen) atoms. The Kier molecular flexibility index (Phi) is 4.24. The van der Waals surface area contributed by atoms with Gasteiger partial charge < -0.3 is 21.0 Å². The highest BCUT2D eigenvalue weighted by Crippen LogP contribution is 2.24. The number of hydrogen-bond acceptors (Lipinski definition) is 4. The lowest BCUT2D eigenvalue weighted by molar-refractivity contribution is -0.274. The quantitative estimate of drug-likeness (QED) is 0.336. The topological polar surface area (TPSA) is 79.9 Å². The van der Waals surface area contributed by atoms with E-state index in [1.54, 1.807) is 6.92 Å². The van der Waals surface area contributed by atoms with Gasteiger partial charge in [-0.15, -0.1) is 13.2 Å². The van der Waals surface area contributed by atoms with E-state index in [0.717, 1.165) is 12.1 Å². The van der Waals surface area contributed by atoms with Gasteiger partial charge in [0.1, 0.15) is 5.75 Å². The van der Waals surface area contributed by atoms with E-state index < -0.39 is 12.4 Å². The molecule has 0 saturated carbocycles. The van der Waals surface area contributed by atoms with Crippen LogP contribution in [0.3, 0.4) is 0 Å². The minimum atomic E-state index is -4.71. The Morgan fingerprint density at radius 1 is 1.39 bits per heavy atom. The third kappa shape index (κ3) is 4.40. The first kappa shape index (κ1) is 13.9. The molecule has 5 nitrogen and oxygen atoms in total. The minimum Gasteiger partial charge on any atom is -0.409 e. The lowest BCUT2D eigenvalue weighted by Crippen LogP contribution is -2.32. The smallest absolute Gasteiger partial charge is 0.409 e. The Morgan fingerprint density at radius 2 is 1.94 bits per heavy atom. The fraction of sp³-hybridized carbons (Fsp3) is 0.300. The Hall–Kier alpha value is -2.12. The number of rotatable bonds is 4. The third-order valence-electron chi connectivity index (χ3n) is 2.03. The van der Waals surface area contributed by atoms with Crippen LogP contribution in [-0.4, -0.2) is 23.4 Å². The van der Waals surface area contributed by atoms with Crippen molar-refractivity contribution in [2.24, 2.45) is 10.9 Å². The predicted octanol–water partition coefficient (Wildman–Crippen LogP) is 2.13. The molecule has 0 aliphatic heterocycles. The molecule has 0 amide bonds. The molecule has 1 unspecified atom stereocenters. The van der Waals surface area contributed by atoms with Gasteiger partial charge in [-0.1, -0.05) is 5.16 Å². The summed E-state index contributed by atoms with van der Waals surface area (Å²) in [6, 6.07) is 4.65. The van der Waals surface area contributed by atoms with E-state index in [0.29, 0.717) is 5.69 Å². The van der Waals surface area contributed by atoms with E-state index in [2.05, 4.69) is 15.2 Å². The van der Waals surface area contributed by atoms with Gasteiger partial charge in [0.15, 0.2) is 5.84 Å². The van der Waals surface area contributed by atoms with Crippen LogP contribution in [0.1, 0.15) is 6.92 Å². The highest BCUT2D eigenvalue weighted by molar-refractivity contribution is 5.87. The fourth-order valence-electron chi connectivity index (χ4n) is 1.16. The van der Waals surface area contributed by atoms with Gasteiger partial charge in [0.25, 0.3) is 0 Å². The maximum atomic E-state index is 11.9. The van der Waals surface area contributed by atoms with Crippen molar-refractivity contribution in [2.75, 3.05) is 5.32 Å². The van der Waals surface area contributed by atoms with Crippen LogP contribution < -0.4 is 15.8 Å². The van der Waals surface area contributed by atoms with Gasteiger partial charge in [-0.2, -0.15) is 0 Å². The zero-order valence-corrected chi connectivity index (χ0v) is 9.40. The molecule has 0 aliphatic rings. The number of ether oxygens (including phenoxy) is 1. The first-order valence-corrected chi connectivity index (χ1v) is 4.91. The van der Waals surface area contributed by atoms with E-state index in [9.17, 15) is 13.2 Å². The van der Waals surface area contributed by atoms with E-state index in [4.69, 9.17) is 10.9 Å². The number of hydrogen-bond donors (Lipinski definition) is 3. The maximum absolute atomic E-state index is 11.9. The average Bonchev–Trinajstić information content (AvgIpc) is 2.28. The van der Waals surface area contributed by atoms with Gasteiger partial charge in [0, 0.05) is 5.69 Å². The molecule has 0 spiro atoms. The van der Waals surface area contributed by atoms with Crippen molar-refractivity contribution in [2.45, 2.75) is 19.3 Å². The van der Waals surface area contributed by atoms with Crippen LogP contribution in [-0.2, 0) is 0 Å². The molecule has 0 radical (unpaired) electrons. The molecule has 1 aromatic carbocycles. The number of amidine groups is 1. The van der Waals surface area contributed by atoms with E-state index in [1.165, 1.54) is 12.1 Å². The molecule has 1 aromatic rings. The van der Waals surface area contributed by atoms with Crippen LogP contribution in [0, 0.1) is 0 Å². The Morgan fingerprint density at radius 3 is 2.39 bits per heavy atom. The standard InChI is InChI=1S/C10H12F3N3O2/c1-6(9(14)16-17)15-7-2-4-8(5-3-7)18-10(11,12)13/h2-6,15,17H,1H3,(H2,14,16). The molecule has 0 fully saturated rings. The highest BCUT2D eigenvalue weighted by atomic mass is 19.4. The van der Waals surface area contributed by atoms with Crippen LogP contribution in [0.25, 0.3) is 0 Å². The second-order valence-corrected chi connectivity index (χ2v) is 3.46. The van der Waals surface area contributed by atoms with E-state index >= 15 is 0 Å². The molecule has 0 bridgehead atoms. The number of oxime groups is 1. The van der Waals surface area contributed by atoms with Crippen LogP contribution in [0.4, 0.5) is 18.9 Å². The summed E-state index contributed by atoms with van der Waals surface area (Å²) in [7, 11) is 0. The average molecular weight is 263 g/mol. The zero-order chi connectivity index (χ0) is 13.8. The molecule has 1 atom stereocenters. The first-order chi connectivity index (χ1) is 8.31. The predicted molar refractivity (Wildman–Crippen MR) is 59.6 cm³/mol. The summed E-state index contributed by atoms with van der Waals surface area (Å²) >= 11 is 0. The van der Waals surface area contributed by atoms with Gasteiger partial charge in [-0.05, 0) is 31.2 Å². The number of nitrogens with zero attached hydrogens (tertiary/aromatic N) is 1. The Labute approximate surface area is 101 Å². The lowest BCUT2D eigenvalue weighted by atomic mass is 10.2. The second kappa shape index (κ2) is 5.48. The summed E-state index contributed by atoms with van der Waals surface area (Å²) in [5, 5.41) is 14.1. The molecule has 0 heterocycles. The van der Waals surface area contributed by atoms with Crippen molar-refractivity contribution in [3.8, 4) is 5.75 Å². The molecule has 0 aromatic heterocycles. The van der Waals surface area contributed by atoms with Gasteiger partial charge in [-0.3, -0.25) is 0 Å². The zero-order valence-electron chi connectivity index (χ0n) is 9.40. The molecular formula is C10H12F3N3O2. The lowest BCUT2D eigenvalue weighted by Gasteiger charge is -2.14. The van der Waals surface area contributed by atoms with Crippen molar-refractivity contribution in [3.05, 3.63) is 24.3 Å². The summed E-state index contributed by atoms with van der Waals surface area (Å²) in [5.41, 5.74) is 5.86. The van der Waals surface area contributed by atoms with Crippen molar-refractivity contribution in [1.29, 1.82) is 0 Å². The monoisotopic (exact) mass is 263 g/mol. The highest BCUT2D eigenvalue weighted by Gasteiger charge is 2.30. The van der Waals surface area contributed by atoms with Crippen LogP contribution >= 0.6 is 0 Å². The maximum Gasteiger partial charge on any atom is 0.573 e. The molecule has 8 heteroatoms. The Balaban J connectivity index is 2.66. The summed E-state index contributed by atoms with van der Waals surface area (Å²) in [6.07, 6.45) is -4.71.